The first-order valence-corrected chi connectivity index (χ1v) is 3.21. The zero-order valence-corrected chi connectivity index (χ0v) is 5.80. The van der Waals surface area contributed by atoms with Crippen molar-refractivity contribution in [1.82, 2.24) is 10.2 Å². The third kappa shape index (κ3) is 2.42. The molecule has 0 radical (unpaired) electrons. The average Bonchev–Trinajstić information content (AvgIpc) is 1.87. The quantitative estimate of drug-likeness (QED) is 0.424. The number of rotatable bonds is 0. The van der Waals surface area contributed by atoms with E-state index >= 15 is 0 Å². The summed E-state index contributed by atoms with van der Waals surface area (Å²) in [7, 11) is 0. The maximum absolute atomic E-state index is 3.90. The monoisotopic (exact) mass is 158 g/mol. The molecule has 0 aliphatic heterocycles. The van der Waals surface area contributed by atoms with Crippen molar-refractivity contribution < 1.29 is 0 Å². The molecule has 40 valence electrons. The summed E-state index contributed by atoms with van der Waals surface area (Å²) in [5.74, 6) is 0. The van der Waals surface area contributed by atoms with E-state index in [4.69, 9.17) is 0 Å². The van der Waals surface area contributed by atoms with Gasteiger partial charge in [0.2, 0.25) is 0 Å². The number of aromatic nitrogens is 2. The number of thiol groups is 2. The molecule has 2 nitrogen and oxygen atoms in total. The van der Waals surface area contributed by atoms with E-state index < -0.39 is 0 Å². The molecule has 0 saturated carbocycles. The van der Waals surface area contributed by atoms with Crippen molar-refractivity contribution in [1.29, 1.82) is 0 Å². The van der Waals surface area contributed by atoms with E-state index in [1.807, 2.05) is 0 Å². The summed E-state index contributed by atoms with van der Waals surface area (Å²) in [5.41, 5.74) is 0. The molecular weight excluding hydrogens is 155 g/mol. The van der Waals surface area contributed by atoms with Gasteiger partial charge < -0.3 is 0 Å². The Morgan fingerprint density at radius 2 is 1.50 bits per heavy atom. The van der Waals surface area contributed by atoms with Crippen molar-refractivity contribution in [2.75, 3.05) is 0 Å². The van der Waals surface area contributed by atoms with Gasteiger partial charge in [-0.3, -0.25) is 0 Å². The van der Waals surface area contributed by atoms with Crippen LogP contribution in [-0.2, 0) is 0 Å². The van der Waals surface area contributed by atoms with Crippen molar-refractivity contribution in [2.45, 2.75) is 8.68 Å². The van der Waals surface area contributed by atoms with Crippen LogP contribution in [0.25, 0.3) is 0 Å². The molecule has 0 saturated heterocycles. The molecule has 0 atom stereocenters. The number of hydrogen-bond acceptors (Lipinski definition) is 5. The average molecular weight is 158 g/mol. The van der Waals surface area contributed by atoms with Crippen LogP contribution in [0.1, 0.15) is 0 Å². The zero-order valence-electron chi connectivity index (χ0n) is 3.20. The van der Waals surface area contributed by atoms with Crippen molar-refractivity contribution >= 4 is 55.5 Å². The molecule has 0 fully saturated rings. The molecule has 0 spiro atoms. The molecule has 0 aromatic carbocycles. The van der Waals surface area contributed by atoms with E-state index in [0.29, 0.717) is 8.68 Å². The van der Waals surface area contributed by atoms with Gasteiger partial charge in [-0.1, -0.05) is 11.3 Å². The van der Waals surface area contributed by atoms with Gasteiger partial charge in [0, 0.05) is 0 Å². The van der Waals surface area contributed by atoms with Crippen LogP contribution in [0.2, 0.25) is 0 Å². The zero-order chi connectivity index (χ0) is 5.28. The van der Waals surface area contributed by atoms with Crippen LogP contribution in [-0.4, -0.2) is 29.1 Å². The van der Waals surface area contributed by atoms with Crippen LogP contribution in [0.5, 0.6) is 0 Å². The normalized spacial score (nSPS) is 8.25. The third-order valence-electron chi connectivity index (χ3n) is 0.404. The first-order valence-electron chi connectivity index (χ1n) is 1.50. The van der Waals surface area contributed by atoms with Gasteiger partial charge in [-0.2, -0.15) is 0 Å². The number of nitrogens with zero attached hydrogens (tertiary/aromatic N) is 2. The van der Waals surface area contributed by atoms with E-state index in [9.17, 15) is 0 Å². The minimum atomic E-state index is 0. The molecule has 0 N–H and O–H groups in total. The van der Waals surface area contributed by atoms with Crippen molar-refractivity contribution in [3.05, 3.63) is 0 Å². The van der Waals surface area contributed by atoms with E-state index in [1.54, 1.807) is 0 Å². The predicted octanol–water partition coefficient (Wildman–Crippen LogP) is 0.467. The fraction of sp³-hybridized carbons (Fsp3) is 0. The second-order valence-corrected chi connectivity index (χ2v) is 3.30. The SMILES string of the molecule is Sc1nnc(S)s1.[LiH]. The Morgan fingerprint density at radius 3 is 1.62 bits per heavy atom. The van der Waals surface area contributed by atoms with Gasteiger partial charge in [0.15, 0.2) is 8.68 Å². The standard InChI is InChI=1S/C2H2N2S3.Li.H/c5-1-3-4-2(6)7-1;;/h(H,3,5)(H,4,6);;. The van der Waals surface area contributed by atoms with Crippen molar-refractivity contribution in [3.63, 3.8) is 0 Å². The Bertz CT molecular complexity index is 148. The van der Waals surface area contributed by atoms with Crippen LogP contribution < -0.4 is 0 Å². The first kappa shape index (κ1) is 8.86. The van der Waals surface area contributed by atoms with Crippen molar-refractivity contribution in [2.24, 2.45) is 0 Å². The summed E-state index contributed by atoms with van der Waals surface area (Å²) in [6.07, 6.45) is 0. The van der Waals surface area contributed by atoms with Crippen LogP contribution in [0.4, 0.5) is 0 Å². The topological polar surface area (TPSA) is 25.8 Å². The van der Waals surface area contributed by atoms with Gasteiger partial charge >= 0.3 is 18.9 Å². The Kier molecular flexibility index (Phi) is 4.21. The summed E-state index contributed by atoms with van der Waals surface area (Å²) >= 11 is 9.15. The molecular formula is C2H3LiN2S3. The van der Waals surface area contributed by atoms with Crippen LogP contribution in [0, 0.1) is 0 Å². The third-order valence-corrected chi connectivity index (χ3v) is 1.66. The molecule has 0 bridgehead atoms. The minimum absolute atomic E-state index is 0. The summed E-state index contributed by atoms with van der Waals surface area (Å²) in [6, 6.07) is 0. The molecule has 1 rings (SSSR count). The Balaban J connectivity index is 0.000000490. The number of hydrogen-bond donors (Lipinski definition) is 2. The fourth-order valence-corrected chi connectivity index (χ4v) is 1.36. The molecule has 0 unspecified atom stereocenters. The van der Waals surface area contributed by atoms with E-state index in [1.165, 1.54) is 11.3 Å². The first-order chi connectivity index (χ1) is 3.29. The molecule has 8 heavy (non-hydrogen) atoms. The second-order valence-electron chi connectivity index (χ2n) is 0.867. The summed E-state index contributed by atoms with van der Waals surface area (Å²) in [6.45, 7) is 0. The summed E-state index contributed by atoms with van der Waals surface area (Å²) < 4.78 is 1.31. The molecule has 1 aromatic heterocycles. The second kappa shape index (κ2) is 3.80. The molecule has 1 heterocycles. The predicted molar refractivity (Wildman–Crippen MR) is 41.6 cm³/mol. The van der Waals surface area contributed by atoms with Gasteiger partial charge in [0.05, 0.1) is 0 Å². The molecule has 6 heteroatoms. The van der Waals surface area contributed by atoms with Gasteiger partial charge in [-0.15, -0.1) is 35.5 Å². The van der Waals surface area contributed by atoms with Gasteiger partial charge in [0.25, 0.3) is 0 Å². The Morgan fingerprint density at radius 1 is 1.12 bits per heavy atom. The Hall–Kier alpha value is 0.857. The molecule has 1 aromatic rings. The molecule has 0 aliphatic rings. The van der Waals surface area contributed by atoms with Crippen LogP contribution in [0.3, 0.4) is 0 Å². The summed E-state index contributed by atoms with van der Waals surface area (Å²) in [5, 5.41) is 7.15. The fourth-order valence-electron chi connectivity index (χ4n) is 0.208. The van der Waals surface area contributed by atoms with Crippen molar-refractivity contribution in [3.8, 4) is 0 Å². The Labute approximate surface area is 74.1 Å². The van der Waals surface area contributed by atoms with E-state index in [0.717, 1.165) is 0 Å². The van der Waals surface area contributed by atoms with E-state index in [2.05, 4.69) is 35.5 Å². The molecule has 0 aliphatic carbocycles. The van der Waals surface area contributed by atoms with E-state index in [-0.39, 0.29) is 18.9 Å². The molecule has 0 amide bonds. The summed E-state index contributed by atoms with van der Waals surface area (Å²) in [4.78, 5) is 0. The maximum atomic E-state index is 3.90. The van der Waals surface area contributed by atoms with Crippen LogP contribution >= 0.6 is 36.6 Å². The van der Waals surface area contributed by atoms with Gasteiger partial charge in [-0.05, 0) is 0 Å². The van der Waals surface area contributed by atoms with Crippen LogP contribution in [0.15, 0.2) is 8.68 Å². The van der Waals surface area contributed by atoms with Gasteiger partial charge in [0.1, 0.15) is 0 Å². The van der Waals surface area contributed by atoms with Gasteiger partial charge in [-0.25, -0.2) is 0 Å².